The zero-order chi connectivity index (χ0) is 23.5. The summed E-state index contributed by atoms with van der Waals surface area (Å²) in [4.78, 5) is 21.8. The molecule has 0 aliphatic heterocycles. The highest BCUT2D eigenvalue weighted by Crippen LogP contribution is 2.31. The van der Waals surface area contributed by atoms with Gasteiger partial charge >= 0.3 is 0 Å². The van der Waals surface area contributed by atoms with E-state index in [9.17, 15) is 4.79 Å². The van der Waals surface area contributed by atoms with Gasteiger partial charge in [-0.2, -0.15) is 10.1 Å². The Morgan fingerprint density at radius 1 is 1.15 bits per heavy atom. The van der Waals surface area contributed by atoms with Crippen molar-refractivity contribution in [2.75, 3.05) is 25.8 Å². The molecule has 1 aromatic carbocycles. The molecule has 0 radical (unpaired) electrons. The van der Waals surface area contributed by atoms with Crippen molar-refractivity contribution in [3.63, 3.8) is 0 Å². The molecule has 0 saturated carbocycles. The number of benzene rings is 1. The minimum Gasteiger partial charge on any atom is -0.493 e. The zero-order valence-electron chi connectivity index (χ0n) is 19.1. The van der Waals surface area contributed by atoms with E-state index in [4.69, 9.17) is 9.47 Å². The van der Waals surface area contributed by atoms with Crippen LogP contribution in [0.15, 0.2) is 35.6 Å². The molecule has 3 heterocycles. The molecule has 0 unspecified atom stereocenters. The number of hydrogen-bond donors (Lipinski definition) is 1. The molecule has 10 nitrogen and oxygen atoms in total. The first-order valence-electron chi connectivity index (χ1n) is 10.2. The van der Waals surface area contributed by atoms with E-state index < -0.39 is 0 Å². The number of fused-ring (bicyclic) bond motifs is 1. The average molecular weight is 468 g/mol. The topological polar surface area (TPSA) is 108 Å². The van der Waals surface area contributed by atoms with Gasteiger partial charge in [0.1, 0.15) is 5.82 Å². The van der Waals surface area contributed by atoms with Crippen LogP contribution in [-0.4, -0.2) is 55.7 Å². The molecule has 0 atom stereocenters. The first kappa shape index (κ1) is 22.6. The molecule has 4 rings (SSSR count). The van der Waals surface area contributed by atoms with Crippen molar-refractivity contribution in [1.82, 2.24) is 29.4 Å². The van der Waals surface area contributed by atoms with Crippen LogP contribution in [0.4, 0.5) is 5.82 Å². The number of para-hydroxylation sites is 1. The molecule has 172 valence electrons. The van der Waals surface area contributed by atoms with Gasteiger partial charge in [-0.15, -0.1) is 5.10 Å². The molecular weight excluding hydrogens is 442 g/mol. The van der Waals surface area contributed by atoms with E-state index in [-0.39, 0.29) is 12.3 Å². The van der Waals surface area contributed by atoms with Crippen molar-refractivity contribution < 1.29 is 14.3 Å². The number of thioether (sulfide) groups is 1. The Balaban J connectivity index is 1.54. The Labute approximate surface area is 195 Å². The lowest BCUT2D eigenvalue weighted by molar-refractivity contribution is -0.115. The smallest absolute Gasteiger partial charge is 0.253 e. The monoisotopic (exact) mass is 467 g/mol. The van der Waals surface area contributed by atoms with Crippen LogP contribution in [0.5, 0.6) is 11.5 Å². The number of carbonyl (C=O) groups excluding carboxylic acids is 1. The third-order valence-corrected chi connectivity index (χ3v) is 5.88. The van der Waals surface area contributed by atoms with Gasteiger partial charge in [0.15, 0.2) is 11.5 Å². The highest BCUT2D eigenvalue weighted by atomic mass is 32.2. The Bertz CT molecular complexity index is 1320. The van der Waals surface area contributed by atoms with Gasteiger partial charge in [0.25, 0.3) is 5.78 Å². The number of aromatic nitrogens is 6. The fourth-order valence-corrected chi connectivity index (χ4v) is 4.02. The van der Waals surface area contributed by atoms with Crippen LogP contribution in [0, 0.1) is 13.8 Å². The number of amides is 1. The molecule has 0 saturated heterocycles. The summed E-state index contributed by atoms with van der Waals surface area (Å²) in [5.74, 6) is 2.21. The van der Waals surface area contributed by atoms with Crippen molar-refractivity contribution in [3.8, 4) is 11.5 Å². The molecule has 1 amide bonds. The predicted octanol–water partition coefficient (Wildman–Crippen LogP) is 2.91. The van der Waals surface area contributed by atoms with Crippen molar-refractivity contribution >= 4 is 29.3 Å². The second-order valence-corrected chi connectivity index (χ2v) is 8.10. The van der Waals surface area contributed by atoms with E-state index in [1.165, 1.54) is 11.8 Å². The van der Waals surface area contributed by atoms with E-state index in [2.05, 4.69) is 25.5 Å². The summed E-state index contributed by atoms with van der Waals surface area (Å²) < 4.78 is 14.3. The molecule has 1 N–H and O–H groups in total. The minimum atomic E-state index is -0.174. The van der Waals surface area contributed by atoms with Gasteiger partial charge in [-0.3, -0.25) is 4.79 Å². The standard InChI is InChI=1S/C22H25N7O3S/c1-13-16(14(2)29-21(24-13)26-22(27-29)33-5)11-19(30)25-18-9-10-23-28(18)12-15-7-6-8-17(31-3)20(15)32-4/h6-10H,11-12H2,1-5H3,(H,25,30). The normalized spacial score (nSPS) is 11.1. The highest BCUT2D eigenvalue weighted by Gasteiger charge is 2.18. The molecule has 0 fully saturated rings. The Morgan fingerprint density at radius 2 is 1.97 bits per heavy atom. The number of methoxy groups -OCH3 is 2. The summed E-state index contributed by atoms with van der Waals surface area (Å²) in [6.07, 6.45) is 3.71. The van der Waals surface area contributed by atoms with Crippen LogP contribution >= 0.6 is 11.8 Å². The van der Waals surface area contributed by atoms with E-state index in [0.29, 0.717) is 34.8 Å². The van der Waals surface area contributed by atoms with E-state index in [0.717, 1.165) is 22.5 Å². The summed E-state index contributed by atoms with van der Waals surface area (Å²) >= 11 is 1.45. The maximum atomic E-state index is 12.9. The van der Waals surface area contributed by atoms with E-state index in [1.54, 1.807) is 35.7 Å². The maximum absolute atomic E-state index is 12.9. The Morgan fingerprint density at radius 3 is 2.70 bits per heavy atom. The molecule has 0 spiro atoms. The lowest BCUT2D eigenvalue weighted by Gasteiger charge is -2.15. The number of rotatable bonds is 8. The summed E-state index contributed by atoms with van der Waals surface area (Å²) in [6, 6.07) is 7.41. The maximum Gasteiger partial charge on any atom is 0.253 e. The van der Waals surface area contributed by atoms with Gasteiger partial charge < -0.3 is 14.8 Å². The molecular formula is C22H25N7O3S. The van der Waals surface area contributed by atoms with Crippen LogP contribution < -0.4 is 14.8 Å². The van der Waals surface area contributed by atoms with E-state index >= 15 is 0 Å². The predicted molar refractivity (Wildman–Crippen MR) is 125 cm³/mol. The number of anilines is 1. The van der Waals surface area contributed by atoms with Crippen LogP contribution in [0.3, 0.4) is 0 Å². The fraction of sp³-hybridized carbons (Fsp3) is 0.318. The van der Waals surface area contributed by atoms with Crippen LogP contribution in [-0.2, 0) is 17.8 Å². The summed E-state index contributed by atoms with van der Waals surface area (Å²) in [7, 11) is 3.19. The number of aryl methyl sites for hydroxylation is 2. The van der Waals surface area contributed by atoms with Crippen LogP contribution in [0.2, 0.25) is 0 Å². The third kappa shape index (κ3) is 4.49. The van der Waals surface area contributed by atoms with Gasteiger partial charge in [0.2, 0.25) is 11.1 Å². The molecule has 11 heteroatoms. The summed E-state index contributed by atoms with van der Waals surface area (Å²) in [5.41, 5.74) is 3.30. The van der Waals surface area contributed by atoms with E-state index in [1.807, 2.05) is 38.3 Å². The number of nitrogens with zero attached hydrogens (tertiary/aromatic N) is 6. The van der Waals surface area contributed by atoms with Crippen molar-refractivity contribution in [1.29, 1.82) is 0 Å². The quantitative estimate of drug-likeness (QED) is 0.394. The van der Waals surface area contributed by atoms with Gasteiger partial charge in [-0.1, -0.05) is 23.9 Å². The van der Waals surface area contributed by atoms with Crippen molar-refractivity contribution in [2.45, 2.75) is 32.0 Å². The minimum absolute atomic E-state index is 0.155. The molecule has 3 aromatic heterocycles. The lowest BCUT2D eigenvalue weighted by Crippen LogP contribution is -2.20. The molecule has 0 aliphatic carbocycles. The summed E-state index contributed by atoms with van der Waals surface area (Å²) in [6.45, 7) is 4.20. The van der Waals surface area contributed by atoms with Gasteiger partial charge in [0.05, 0.1) is 33.4 Å². The molecule has 33 heavy (non-hydrogen) atoms. The molecule has 4 aromatic rings. The van der Waals surface area contributed by atoms with Gasteiger partial charge in [0, 0.05) is 28.6 Å². The average Bonchev–Trinajstić information content (AvgIpc) is 3.43. The number of carbonyl (C=O) groups is 1. The fourth-order valence-electron chi connectivity index (χ4n) is 3.68. The molecule has 0 aliphatic rings. The second kappa shape index (κ2) is 9.49. The Kier molecular flexibility index (Phi) is 6.50. The lowest BCUT2D eigenvalue weighted by atomic mass is 10.1. The van der Waals surface area contributed by atoms with Crippen molar-refractivity contribution in [2.24, 2.45) is 0 Å². The third-order valence-electron chi connectivity index (χ3n) is 5.34. The van der Waals surface area contributed by atoms with Gasteiger partial charge in [-0.25, -0.2) is 14.2 Å². The van der Waals surface area contributed by atoms with Gasteiger partial charge in [-0.05, 0) is 26.2 Å². The zero-order valence-corrected chi connectivity index (χ0v) is 19.9. The largest absolute Gasteiger partial charge is 0.493 e. The first-order valence-corrected chi connectivity index (χ1v) is 11.5. The van der Waals surface area contributed by atoms with Crippen molar-refractivity contribution in [3.05, 3.63) is 53.0 Å². The van der Waals surface area contributed by atoms with Crippen LogP contribution in [0.1, 0.15) is 22.5 Å². The first-order chi connectivity index (χ1) is 15.9. The second-order valence-electron chi connectivity index (χ2n) is 7.32. The Hall–Kier alpha value is -3.60. The SMILES string of the molecule is COc1cccc(Cn2nccc2NC(=O)Cc2c(C)nc3nc(SC)nn3c2C)c1OC. The number of ether oxygens (including phenoxy) is 2. The number of nitrogens with one attached hydrogen (secondary N) is 1. The van der Waals surface area contributed by atoms with Crippen LogP contribution in [0.25, 0.3) is 5.78 Å². The summed E-state index contributed by atoms with van der Waals surface area (Å²) in [5, 5.41) is 12.4. The highest BCUT2D eigenvalue weighted by molar-refractivity contribution is 7.98. The number of hydrogen-bond acceptors (Lipinski definition) is 8. The molecule has 0 bridgehead atoms.